The fourth-order valence-electron chi connectivity index (χ4n) is 0.635. The van der Waals surface area contributed by atoms with Crippen LogP contribution in [0.5, 0.6) is 0 Å². The molecule has 0 fully saturated rings. The van der Waals surface area contributed by atoms with Crippen LogP contribution in [0.4, 0.5) is 35.1 Å². The van der Waals surface area contributed by atoms with Crippen molar-refractivity contribution in [2.24, 2.45) is 0 Å². The third-order valence-corrected chi connectivity index (χ3v) is 1.53. The molecular formula is C7H6F8O. The largest absolute Gasteiger partial charge is 0.495 e. The van der Waals surface area contributed by atoms with Crippen LogP contribution in [0.1, 0.15) is 0 Å². The molecule has 0 saturated carbocycles. The van der Waals surface area contributed by atoms with Gasteiger partial charge in [0.2, 0.25) is 0 Å². The Balaban J connectivity index is 5.08. The average Bonchev–Trinajstić information content (AvgIpc) is 2.13. The summed E-state index contributed by atoms with van der Waals surface area (Å²) in [6, 6.07) is 0. The standard InChI is InChI=1S/C7H6F8O/c1-2-16-3-5(10,11)7(14,15)6(12,13)4(8)9/h2,4H,1,3H2. The third kappa shape index (κ3) is 2.38. The lowest BCUT2D eigenvalue weighted by Gasteiger charge is -2.31. The number of rotatable bonds is 6. The first-order valence-corrected chi connectivity index (χ1v) is 3.65. The first kappa shape index (κ1) is 15.0. The summed E-state index contributed by atoms with van der Waals surface area (Å²) in [5.41, 5.74) is 0. The van der Waals surface area contributed by atoms with E-state index in [0.717, 1.165) is 0 Å². The molecule has 96 valence electrons. The predicted octanol–water partition coefficient (Wildman–Crippen LogP) is 3.32. The molecule has 0 aromatic rings. The summed E-state index contributed by atoms with van der Waals surface area (Å²) >= 11 is 0. The zero-order valence-electron chi connectivity index (χ0n) is 7.50. The summed E-state index contributed by atoms with van der Waals surface area (Å²) < 4.78 is 101. The zero-order valence-corrected chi connectivity index (χ0v) is 7.50. The lowest BCUT2D eigenvalue weighted by atomic mass is 10.1. The first-order chi connectivity index (χ1) is 7.00. The van der Waals surface area contributed by atoms with Crippen LogP contribution in [-0.4, -0.2) is 30.8 Å². The second-order valence-electron chi connectivity index (χ2n) is 2.68. The van der Waals surface area contributed by atoms with E-state index < -0.39 is 30.8 Å². The molecule has 0 N–H and O–H groups in total. The molecular weight excluding hydrogens is 252 g/mol. The number of halogens is 8. The molecule has 0 amide bonds. The maximum absolute atomic E-state index is 12.5. The Morgan fingerprint density at radius 2 is 1.50 bits per heavy atom. The van der Waals surface area contributed by atoms with E-state index in [1.165, 1.54) is 0 Å². The van der Waals surface area contributed by atoms with Crippen LogP contribution in [0.2, 0.25) is 0 Å². The molecule has 16 heavy (non-hydrogen) atoms. The normalized spacial score (nSPS) is 14.1. The van der Waals surface area contributed by atoms with E-state index >= 15 is 0 Å². The maximum atomic E-state index is 12.5. The molecule has 0 radical (unpaired) electrons. The molecule has 0 bridgehead atoms. The van der Waals surface area contributed by atoms with Crippen LogP contribution in [0.15, 0.2) is 12.8 Å². The van der Waals surface area contributed by atoms with Crippen LogP contribution in [0, 0.1) is 0 Å². The summed E-state index contributed by atoms with van der Waals surface area (Å²) in [4.78, 5) is 0. The molecule has 0 saturated heterocycles. The van der Waals surface area contributed by atoms with Crippen LogP contribution >= 0.6 is 0 Å². The summed E-state index contributed by atoms with van der Waals surface area (Å²) in [5.74, 6) is -17.8. The highest BCUT2D eigenvalue weighted by Gasteiger charge is 2.75. The molecule has 9 heteroatoms. The minimum atomic E-state index is -6.23. The van der Waals surface area contributed by atoms with Gasteiger partial charge in [0.1, 0.15) is 0 Å². The molecule has 0 rings (SSSR count). The van der Waals surface area contributed by atoms with E-state index in [-0.39, 0.29) is 0 Å². The highest BCUT2D eigenvalue weighted by molar-refractivity contribution is 4.98. The molecule has 0 aliphatic rings. The topological polar surface area (TPSA) is 9.23 Å². The van der Waals surface area contributed by atoms with Crippen LogP contribution < -0.4 is 0 Å². The van der Waals surface area contributed by atoms with Gasteiger partial charge in [-0.25, -0.2) is 8.78 Å². The van der Waals surface area contributed by atoms with Crippen molar-refractivity contribution < 1.29 is 39.9 Å². The Hall–Kier alpha value is -1.02. The fraction of sp³-hybridized carbons (Fsp3) is 0.714. The van der Waals surface area contributed by atoms with Gasteiger partial charge >= 0.3 is 24.2 Å². The van der Waals surface area contributed by atoms with Crippen molar-refractivity contribution in [1.29, 1.82) is 0 Å². The number of hydrogen-bond donors (Lipinski definition) is 0. The summed E-state index contributed by atoms with van der Waals surface area (Å²) in [6.45, 7) is 0.532. The Morgan fingerprint density at radius 3 is 1.81 bits per heavy atom. The minimum absolute atomic E-state index is 0.296. The van der Waals surface area contributed by atoms with Gasteiger partial charge in [-0.1, -0.05) is 6.58 Å². The van der Waals surface area contributed by atoms with Crippen molar-refractivity contribution in [2.45, 2.75) is 24.2 Å². The summed E-state index contributed by atoms with van der Waals surface area (Å²) in [5, 5.41) is 0. The zero-order chi connectivity index (χ0) is 13.2. The van der Waals surface area contributed by atoms with Gasteiger partial charge in [0.05, 0.1) is 6.26 Å². The van der Waals surface area contributed by atoms with Crippen molar-refractivity contribution in [3.8, 4) is 0 Å². The van der Waals surface area contributed by atoms with Gasteiger partial charge in [0.15, 0.2) is 6.61 Å². The average molecular weight is 258 g/mol. The van der Waals surface area contributed by atoms with Gasteiger partial charge < -0.3 is 4.74 Å². The van der Waals surface area contributed by atoms with Crippen LogP contribution in [0.25, 0.3) is 0 Å². The molecule has 0 heterocycles. The molecule has 1 nitrogen and oxygen atoms in total. The van der Waals surface area contributed by atoms with Gasteiger partial charge in [-0.2, -0.15) is 26.3 Å². The molecule has 0 unspecified atom stereocenters. The van der Waals surface area contributed by atoms with Crippen molar-refractivity contribution in [3.63, 3.8) is 0 Å². The van der Waals surface area contributed by atoms with E-state index in [2.05, 4.69) is 11.3 Å². The molecule has 0 spiro atoms. The van der Waals surface area contributed by atoms with Gasteiger partial charge in [0.25, 0.3) is 0 Å². The van der Waals surface area contributed by atoms with Crippen molar-refractivity contribution in [2.75, 3.05) is 6.61 Å². The van der Waals surface area contributed by atoms with Gasteiger partial charge in [-0.3, -0.25) is 0 Å². The van der Waals surface area contributed by atoms with Crippen molar-refractivity contribution in [3.05, 3.63) is 12.8 Å². The van der Waals surface area contributed by atoms with Gasteiger partial charge in [-0.05, 0) is 0 Å². The quantitative estimate of drug-likeness (QED) is 0.524. The van der Waals surface area contributed by atoms with E-state index in [4.69, 9.17) is 0 Å². The minimum Gasteiger partial charge on any atom is -0.495 e. The molecule has 0 aromatic heterocycles. The Morgan fingerprint density at radius 1 is 1.06 bits per heavy atom. The first-order valence-electron chi connectivity index (χ1n) is 3.65. The number of alkyl halides is 8. The smallest absolute Gasteiger partial charge is 0.381 e. The third-order valence-electron chi connectivity index (χ3n) is 1.53. The highest BCUT2D eigenvalue weighted by atomic mass is 19.4. The summed E-state index contributed by atoms with van der Waals surface area (Å²) in [6.07, 6.45) is -4.62. The Kier molecular flexibility index (Phi) is 4.18. The van der Waals surface area contributed by atoms with E-state index in [1.807, 2.05) is 0 Å². The van der Waals surface area contributed by atoms with E-state index in [9.17, 15) is 35.1 Å². The van der Waals surface area contributed by atoms with Crippen molar-refractivity contribution >= 4 is 0 Å². The second kappa shape index (κ2) is 4.46. The lowest BCUT2D eigenvalue weighted by Crippen LogP contribution is -2.59. The monoisotopic (exact) mass is 258 g/mol. The van der Waals surface area contributed by atoms with Crippen LogP contribution in [0.3, 0.4) is 0 Å². The SMILES string of the molecule is C=COCC(F)(F)C(F)(F)C(F)(F)C(F)F. The Labute approximate surface area is 84.7 Å². The van der Waals surface area contributed by atoms with Crippen molar-refractivity contribution in [1.82, 2.24) is 0 Å². The second-order valence-corrected chi connectivity index (χ2v) is 2.68. The van der Waals surface area contributed by atoms with Gasteiger partial charge in [-0.15, -0.1) is 0 Å². The van der Waals surface area contributed by atoms with E-state index in [1.54, 1.807) is 0 Å². The van der Waals surface area contributed by atoms with Gasteiger partial charge in [0, 0.05) is 0 Å². The van der Waals surface area contributed by atoms with Crippen LogP contribution in [-0.2, 0) is 4.74 Å². The summed E-state index contributed by atoms with van der Waals surface area (Å²) in [7, 11) is 0. The van der Waals surface area contributed by atoms with E-state index in [0.29, 0.717) is 6.26 Å². The molecule has 0 aliphatic heterocycles. The highest BCUT2D eigenvalue weighted by Crippen LogP contribution is 2.48. The molecule has 0 aliphatic carbocycles. The lowest BCUT2D eigenvalue weighted by molar-refractivity contribution is -0.343. The molecule has 0 aromatic carbocycles. The molecule has 0 atom stereocenters. The fourth-order valence-corrected chi connectivity index (χ4v) is 0.635. The maximum Gasteiger partial charge on any atom is 0.381 e. The number of ether oxygens (including phenoxy) is 1. The number of hydrogen-bond acceptors (Lipinski definition) is 1. The Bertz CT molecular complexity index is 249. The predicted molar refractivity (Wildman–Crippen MR) is 37.0 cm³/mol.